The summed E-state index contributed by atoms with van der Waals surface area (Å²) in [6.07, 6.45) is 1.02. The number of amides is 1. The van der Waals surface area contributed by atoms with Crippen LogP contribution in [0.4, 0.5) is 0 Å². The Labute approximate surface area is 131 Å². The first-order valence-electron chi connectivity index (χ1n) is 7.84. The lowest BCUT2D eigenvalue weighted by molar-refractivity contribution is -0.139. The molecule has 2 aromatic rings. The standard InChI is InChI=1S/C19H21NO2/c21-18(19(22)20-13-7-8-14-20)17(15-9-3-1-4-10-15)16-11-5-2-6-12-16/h1-6,9-12,17-18,21H,7-8,13-14H2. The zero-order chi connectivity index (χ0) is 15.4. The third-order valence-electron chi connectivity index (χ3n) is 4.30. The highest BCUT2D eigenvalue weighted by Gasteiger charge is 2.33. The molecule has 0 saturated carbocycles. The fourth-order valence-corrected chi connectivity index (χ4v) is 3.14. The number of benzene rings is 2. The van der Waals surface area contributed by atoms with Crippen LogP contribution in [-0.4, -0.2) is 35.1 Å². The number of likely N-dealkylation sites (tertiary alicyclic amines) is 1. The van der Waals surface area contributed by atoms with Crippen LogP contribution in [0.1, 0.15) is 29.9 Å². The summed E-state index contributed by atoms with van der Waals surface area (Å²) in [5, 5.41) is 10.8. The predicted molar refractivity (Wildman–Crippen MR) is 86.5 cm³/mol. The second-order valence-electron chi connectivity index (χ2n) is 5.78. The molecule has 1 N–H and O–H groups in total. The third kappa shape index (κ3) is 3.04. The summed E-state index contributed by atoms with van der Waals surface area (Å²) in [5.41, 5.74) is 1.93. The molecule has 3 rings (SSSR count). The van der Waals surface area contributed by atoms with E-state index in [2.05, 4.69) is 0 Å². The zero-order valence-electron chi connectivity index (χ0n) is 12.6. The molecule has 0 aliphatic carbocycles. The van der Waals surface area contributed by atoms with Crippen LogP contribution in [0.15, 0.2) is 60.7 Å². The van der Waals surface area contributed by atoms with Crippen LogP contribution < -0.4 is 0 Å². The van der Waals surface area contributed by atoms with Gasteiger partial charge in [-0.15, -0.1) is 0 Å². The molecule has 1 amide bonds. The Bertz CT molecular complexity index is 566. The van der Waals surface area contributed by atoms with Crippen molar-refractivity contribution in [1.29, 1.82) is 0 Å². The van der Waals surface area contributed by atoms with E-state index < -0.39 is 6.10 Å². The van der Waals surface area contributed by atoms with E-state index in [1.165, 1.54) is 0 Å². The minimum Gasteiger partial charge on any atom is -0.382 e. The van der Waals surface area contributed by atoms with Crippen LogP contribution in [0.25, 0.3) is 0 Å². The molecule has 0 aromatic heterocycles. The van der Waals surface area contributed by atoms with Crippen LogP contribution >= 0.6 is 0 Å². The van der Waals surface area contributed by atoms with E-state index >= 15 is 0 Å². The van der Waals surface area contributed by atoms with Crippen molar-refractivity contribution in [2.45, 2.75) is 24.9 Å². The van der Waals surface area contributed by atoms with E-state index in [0.717, 1.165) is 37.1 Å². The number of nitrogens with zero attached hydrogens (tertiary/aromatic N) is 1. The number of aliphatic hydroxyl groups excluding tert-OH is 1. The van der Waals surface area contributed by atoms with Crippen LogP contribution in [0, 0.1) is 0 Å². The van der Waals surface area contributed by atoms with Crippen molar-refractivity contribution < 1.29 is 9.90 Å². The van der Waals surface area contributed by atoms with Gasteiger partial charge in [0.1, 0.15) is 6.10 Å². The molecule has 3 heteroatoms. The molecule has 22 heavy (non-hydrogen) atoms. The van der Waals surface area contributed by atoms with E-state index in [-0.39, 0.29) is 11.8 Å². The molecule has 0 radical (unpaired) electrons. The third-order valence-corrected chi connectivity index (χ3v) is 4.30. The fraction of sp³-hybridized carbons (Fsp3) is 0.316. The van der Waals surface area contributed by atoms with Gasteiger partial charge < -0.3 is 10.0 Å². The molecule has 3 nitrogen and oxygen atoms in total. The van der Waals surface area contributed by atoms with Gasteiger partial charge in [-0.25, -0.2) is 0 Å². The SMILES string of the molecule is O=C(C(O)C(c1ccccc1)c1ccccc1)N1CCCC1. The van der Waals surface area contributed by atoms with E-state index in [1.54, 1.807) is 4.90 Å². The Morgan fingerprint density at radius 2 is 1.32 bits per heavy atom. The molecule has 1 heterocycles. The van der Waals surface area contributed by atoms with Crippen molar-refractivity contribution >= 4 is 5.91 Å². The topological polar surface area (TPSA) is 40.5 Å². The summed E-state index contributed by atoms with van der Waals surface area (Å²) in [4.78, 5) is 14.4. The van der Waals surface area contributed by atoms with Crippen molar-refractivity contribution in [2.75, 3.05) is 13.1 Å². The van der Waals surface area contributed by atoms with Gasteiger partial charge in [0, 0.05) is 19.0 Å². The summed E-state index contributed by atoms with van der Waals surface area (Å²) in [7, 11) is 0. The Balaban J connectivity index is 1.93. The number of hydrogen-bond donors (Lipinski definition) is 1. The first-order chi connectivity index (χ1) is 10.8. The van der Waals surface area contributed by atoms with Crippen molar-refractivity contribution in [3.8, 4) is 0 Å². The van der Waals surface area contributed by atoms with Gasteiger partial charge in [-0.3, -0.25) is 4.79 Å². The van der Waals surface area contributed by atoms with Gasteiger partial charge in [-0.2, -0.15) is 0 Å². The molecule has 1 aliphatic rings. The molecular weight excluding hydrogens is 274 g/mol. The number of carbonyl (C=O) groups excluding carboxylic acids is 1. The molecule has 1 saturated heterocycles. The normalized spacial score (nSPS) is 16.0. The molecule has 1 fully saturated rings. The summed E-state index contributed by atoms with van der Waals surface area (Å²) in [5.74, 6) is -0.481. The van der Waals surface area contributed by atoms with Gasteiger partial charge in [-0.1, -0.05) is 60.7 Å². The minimum atomic E-state index is -1.04. The van der Waals surface area contributed by atoms with E-state index in [4.69, 9.17) is 0 Å². The van der Waals surface area contributed by atoms with Gasteiger partial charge in [0.15, 0.2) is 0 Å². The quantitative estimate of drug-likeness (QED) is 0.942. The number of aliphatic hydroxyl groups is 1. The lowest BCUT2D eigenvalue weighted by Crippen LogP contribution is -2.40. The van der Waals surface area contributed by atoms with Crippen molar-refractivity contribution in [1.82, 2.24) is 4.90 Å². The maximum Gasteiger partial charge on any atom is 0.252 e. The highest BCUT2D eigenvalue weighted by molar-refractivity contribution is 5.82. The van der Waals surface area contributed by atoms with Crippen molar-refractivity contribution in [3.63, 3.8) is 0 Å². The molecular formula is C19H21NO2. The van der Waals surface area contributed by atoms with Gasteiger partial charge in [0.25, 0.3) is 5.91 Å². The summed E-state index contributed by atoms with van der Waals surface area (Å²) in [6, 6.07) is 19.5. The molecule has 1 atom stereocenters. The molecule has 114 valence electrons. The Morgan fingerprint density at radius 1 is 0.864 bits per heavy atom. The summed E-state index contributed by atoms with van der Waals surface area (Å²) in [6.45, 7) is 1.51. The lowest BCUT2D eigenvalue weighted by atomic mass is 9.86. The predicted octanol–water partition coefficient (Wildman–Crippen LogP) is 2.80. The average Bonchev–Trinajstić information content (AvgIpc) is 3.11. The molecule has 2 aromatic carbocycles. The lowest BCUT2D eigenvalue weighted by Gasteiger charge is -2.27. The maximum absolute atomic E-state index is 12.6. The first-order valence-corrected chi connectivity index (χ1v) is 7.84. The van der Waals surface area contributed by atoms with Crippen LogP contribution in [0.2, 0.25) is 0 Å². The zero-order valence-corrected chi connectivity index (χ0v) is 12.6. The fourth-order valence-electron chi connectivity index (χ4n) is 3.14. The number of carbonyl (C=O) groups is 1. The van der Waals surface area contributed by atoms with E-state index in [9.17, 15) is 9.90 Å². The summed E-state index contributed by atoms with van der Waals surface area (Å²) < 4.78 is 0. The molecule has 0 bridgehead atoms. The Hall–Kier alpha value is -2.13. The van der Waals surface area contributed by atoms with Crippen LogP contribution in [0.5, 0.6) is 0 Å². The Morgan fingerprint density at radius 3 is 1.77 bits per heavy atom. The average molecular weight is 295 g/mol. The smallest absolute Gasteiger partial charge is 0.252 e. The molecule has 1 aliphatic heterocycles. The Kier molecular flexibility index (Phi) is 4.54. The number of hydrogen-bond acceptors (Lipinski definition) is 2. The van der Waals surface area contributed by atoms with Gasteiger partial charge in [0.2, 0.25) is 0 Å². The molecule has 0 spiro atoms. The van der Waals surface area contributed by atoms with Crippen molar-refractivity contribution in [2.24, 2.45) is 0 Å². The van der Waals surface area contributed by atoms with Gasteiger partial charge >= 0.3 is 0 Å². The van der Waals surface area contributed by atoms with Gasteiger partial charge in [0.05, 0.1) is 0 Å². The van der Waals surface area contributed by atoms with Crippen molar-refractivity contribution in [3.05, 3.63) is 71.8 Å². The summed E-state index contributed by atoms with van der Waals surface area (Å²) >= 11 is 0. The van der Waals surface area contributed by atoms with Gasteiger partial charge in [-0.05, 0) is 24.0 Å². The second-order valence-corrected chi connectivity index (χ2v) is 5.78. The van der Waals surface area contributed by atoms with Crippen LogP contribution in [0.3, 0.4) is 0 Å². The maximum atomic E-state index is 12.6. The highest BCUT2D eigenvalue weighted by atomic mass is 16.3. The highest BCUT2D eigenvalue weighted by Crippen LogP contribution is 2.29. The van der Waals surface area contributed by atoms with E-state index in [1.807, 2.05) is 60.7 Å². The number of rotatable bonds is 4. The second kappa shape index (κ2) is 6.75. The minimum absolute atomic E-state index is 0.157. The van der Waals surface area contributed by atoms with E-state index in [0.29, 0.717) is 0 Å². The first kappa shape index (κ1) is 14.8. The van der Waals surface area contributed by atoms with Crippen LogP contribution in [-0.2, 0) is 4.79 Å². The molecule has 1 unspecified atom stereocenters. The largest absolute Gasteiger partial charge is 0.382 e. The monoisotopic (exact) mass is 295 g/mol.